The highest BCUT2D eigenvalue weighted by Crippen LogP contribution is 2.31. The monoisotopic (exact) mass is 454 g/mol. The zero-order chi connectivity index (χ0) is 23.1. The van der Waals surface area contributed by atoms with E-state index in [1.807, 2.05) is 0 Å². The Morgan fingerprint density at radius 1 is 1.16 bits per heavy atom. The van der Waals surface area contributed by atoms with E-state index in [0.29, 0.717) is 36.4 Å². The van der Waals surface area contributed by atoms with Gasteiger partial charge in [0.1, 0.15) is 23.5 Å². The predicted octanol–water partition coefficient (Wildman–Crippen LogP) is 4.57. The van der Waals surface area contributed by atoms with Crippen LogP contribution >= 0.6 is 0 Å². The lowest BCUT2D eigenvalue weighted by Gasteiger charge is -2.27. The first kappa shape index (κ1) is 23.6. The molecule has 0 bridgehead atoms. The van der Waals surface area contributed by atoms with Crippen molar-refractivity contribution in [3.63, 3.8) is 0 Å². The third-order valence-electron chi connectivity index (χ3n) is 5.63. The number of hydrogen-bond donors (Lipinski definition) is 4. The van der Waals surface area contributed by atoms with Crippen LogP contribution in [0.1, 0.15) is 31.2 Å². The number of anilines is 2. The molecular formula is C21H27F3N5O3+. The lowest BCUT2D eigenvalue weighted by Crippen LogP contribution is -2.25. The van der Waals surface area contributed by atoms with Crippen LogP contribution in [0.4, 0.5) is 30.4 Å². The molecule has 3 rings (SSSR count). The molecular weight excluding hydrogens is 427 g/mol. The number of halogens is 3. The normalized spacial score (nSPS) is 18.8. The Kier molecular flexibility index (Phi) is 7.73. The number of aromatic nitrogens is 1. The van der Waals surface area contributed by atoms with Crippen LogP contribution in [0.3, 0.4) is 0 Å². The molecule has 0 radical (unpaired) electrons. The molecule has 1 fully saturated rings. The van der Waals surface area contributed by atoms with Crippen LogP contribution in [0.5, 0.6) is 5.75 Å². The lowest BCUT2D eigenvalue weighted by molar-refractivity contribution is -0.729. The van der Waals surface area contributed by atoms with Gasteiger partial charge in [0.05, 0.1) is 4.91 Å². The molecule has 0 aliphatic heterocycles. The van der Waals surface area contributed by atoms with E-state index >= 15 is 0 Å². The zero-order valence-electron chi connectivity index (χ0n) is 17.4. The highest BCUT2D eigenvalue weighted by Gasteiger charge is 2.32. The van der Waals surface area contributed by atoms with E-state index in [0.717, 1.165) is 25.7 Å². The highest BCUT2D eigenvalue weighted by molar-refractivity contribution is 5.65. The highest BCUT2D eigenvalue weighted by atomic mass is 19.4. The minimum absolute atomic E-state index is 0.0152. The maximum absolute atomic E-state index is 12.6. The molecule has 0 atom stereocenters. The Hall–Kier alpha value is -3.08. The molecule has 2 aromatic rings. The maximum atomic E-state index is 12.6. The summed E-state index contributed by atoms with van der Waals surface area (Å²) in [5, 5.41) is 15.5. The van der Waals surface area contributed by atoms with Gasteiger partial charge in [-0.3, -0.25) is 0 Å². The van der Waals surface area contributed by atoms with Gasteiger partial charge in [0.25, 0.3) is 4.92 Å². The summed E-state index contributed by atoms with van der Waals surface area (Å²) in [4.78, 5) is 15.3. The third-order valence-corrected chi connectivity index (χ3v) is 5.63. The van der Waals surface area contributed by atoms with Crippen molar-refractivity contribution >= 4 is 17.2 Å². The summed E-state index contributed by atoms with van der Waals surface area (Å²) in [5.74, 6) is 0.987. The number of nitrogens with two attached hydrogens (primary N) is 1. The first-order valence-electron chi connectivity index (χ1n) is 10.4. The number of nitrogens with zero attached hydrogens (tertiary/aromatic N) is 2. The quantitative estimate of drug-likeness (QED) is 0.411. The van der Waals surface area contributed by atoms with Gasteiger partial charge in [0.15, 0.2) is 0 Å². The largest absolute Gasteiger partial charge is 0.573 e. The van der Waals surface area contributed by atoms with Crippen molar-refractivity contribution in [2.75, 3.05) is 23.7 Å². The van der Waals surface area contributed by atoms with Crippen molar-refractivity contribution in [2.45, 2.75) is 38.6 Å². The van der Waals surface area contributed by atoms with E-state index in [-0.39, 0.29) is 28.5 Å². The van der Waals surface area contributed by atoms with E-state index in [2.05, 4.69) is 20.4 Å². The van der Waals surface area contributed by atoms with E-state index in [1.165, 1.54) is 30.5 Å². The third kappa shape index (κ3) is 6.71. The second kappa shape index (κ2) is 10.5. The predicted molar refractivity (Wildman–Crippen MR) is 113 cm³/mol. The van der Waals surface area contributed by atoms with Crippen molar-refractivity contribution in [3.05, 3.63) is 47.0 Å². The molecule has 8 nitrogen and oxygen atoms in total. The van der Waals surface area contributed by atoms with Gasteiger partial charge in [-0.2, -0.15) is 0 Å². The number of nitrogens with one attached hydrogen (secondary N) is 2. The molecule has 0 unspecified atom stereocenters. The van der Waals surface area contributed by atoms with Gasteiger partial charge in [-0.1, -0.05) is 18.2 Å². The Labute approximate surface area is 183 Å². The van der Waals surface area contributed by atoms with Gasteiger partial charge in [-0.25, -0.2) is 10.2 Å². The van der Waals surface area contributed by atoms with Crippen molar-refractivity contribution in [2.24, 2.45) is 17.6 Å². The summed E-state index contributed by atoms with van der Waals surface area (Å²) >= 11 is 0. The van der Waals surface area contributed by atoms with Gasteiger partial charge < -0.3 is 21.1 Å². The maximum Gasteiger partial charge on any atom is 0.573 e. The fourth-order valence-corrected chi connectivity index (χ4v) is 3.82. The molecule has 1 aromatic heterocycles. The Bertz CT molecular complexity index is 918. The fourth-order valence-electron chi connectivity index (χ4n) is 3.82. The molecule has 0 saturated heterocycles. The van der Waals surface area contributed by atoms with Crippen molar-refractivity contribution in [1.82, 2.24) is 4.98 Å². The number of ether oxygens (including phenoxy) is 1. The number of rotatable bonds is 9. The summed E-state index contributed by atoms with van der Waals surface area (Å²) in [7, 11) is 0. The average Bonchev–Trinajstić information content (AvgIpc) is 2.76. The zero-order valence-corrected chi connectivity index (χ0v) is 17.4. The fraction of sp³-hybridized carbons (Fsp3) is 0.476. The Morgan fingerprint density at radius 3 is 2.50 bits per heavy atom. The molecule has 174 valence electrons. The van der Waals surface area contributed by atoms with E-state index < -0.39 is 6.36 Å². The van der Waals surface area contributed by atoms with Crippen LogP contribution < -0.4 is 21.1 Å². The second-order valence-electron chi connectivity index (χ2n) is 7.87. The second-order valence-corrected chi connectivity index (χ2v) is 7.87. The molecule has 5 N–H and O–H groups in total. The molecule has 0 spiro atoms. The standard InChI is InChI=1S/C21H27F3N5O3/c22-21(23,24)32-19-4-2-1-3-16(19)12-27-20-9-17(18(13-28-20)29(30)31)26-11-15-7-5-14(10-25)6-8-15/h1-4,9,13-15H,5-8,10-12,25H2,(H,30,31)(H2,26,27,28)/q+1. The Balaban J connectivity index is 1.66. The lowest BCUT2D eigenvalue weighted by atomic mass is 9.82. The minimum atomic E-state index is -4.80. The number of alkyl halides is 3. The minimum Gasteiger partial charge on any atom is -0.405 e. The van der Waals surface area contributed by atoms with E-state index in [4.69, 9.17) is 5.73 Å². The molecule has 32 heavy (non-hydrogen) atoms. The SMILES string of the molecule is NCC1CCC(CNc2cc(NCc3ccccc3OC(F)(F)F)ncc2[N+](=O)O)CC1. The smallest absolute Gasteiger partial charge is 0.405 e. The van der Waals surface area contributed by atoms with Gasteiger partial charge in [-0.05, 0) is 50.1 Å². The van der Waals surface area contributed by atoms with Gasteiger partial charge >= 0.3 is 12.0 Å². The summed E-state index contributed by atoms with van der Waals surface area (Å²) in [5.41, 5.74) is 6.35. The molecule has 0 amide bonds. The van der Waals surface area contributed by atoms with Crippen molar-refractivity contribution < 1.29 is 28.0 Å². The van der Waals surface area contributed by atoms with Gasteiger partial charge in [-0.15, -0.1) is 13.2 Å². The van der Waals surface area contributed by atoms with Crippen molar-refractivity contribution in [3.8, 4) is 5.75 Å². The van der Waals surface area contributed by atoms with Gasteiger partial charge in [0.2, 0.25) is 0 Å². The van der Waals surface area contributed by atoms with Crippen LogP contribution in [-0.2, 0) is 6.54 Å². The first-order valence-corrected chi connectivity index (χ1v) is 10.4. The van der Waals surface area contributed by atoms with Crippen LogP contribution in [0.25, 0.3) is 0 Å². The summed E-state index contributed by atoms with van der Waals surface area (Å²) < 4.78 is 41.9. The number of benzene rings is 1. The van der Waals surface area contributed by atoms with Crippen LogP contribution in [-0.4, -0.2) is 34.6 Å². The molecule has 1 aliphatic rings. The molecule has 11 heteroatoms. The number of hydrogen-bond acceptors (Lipinski definition) is 6. The van der Waals surface area contributed by atoms with E-state index in [9.17, 15) is 23.3 Å². The molecule has 1 aromatic carbocycles. The summed E-state index contributed by atoms with van der Waals surface area (Å²) in [6.07, 6.45) is 0.571. The van der Waals surface area contributed by atoms with Crippen LogP contribution in [0.15, 0.2) is 36.5 Å². The summed E-state index contributed by atoms with van der Waals surface area (Å²) in [6.45, 7) is 1.32. The molecule has 1 aliphatic carbocycles. The van der Waals surface area contributed by atoms with Crippen molar-refractivity contribution in [1.29, 1.82) is 0 Å². The first-order chi connectivity index (χ1) is 15.2. The average molecular weight is 454 g/mol. The number of para-hydroxylation sites is 1. The topological polar surface area (TPSA) is 113 Å². The molecule has 1 saturated carbocycles. The Morgan fingerprint density at radius 2 is 1.84 bits per heavy atom. The van der Waals surface area contributed by atoms with Crippen LogP contribution in [0, 0.1) is 16.7 Å². The van der Waals surface area contributed by atoms with E-state index in [1.54, 1.807) is 6.07 Å². The molecule has 1 heterocycles. The van der Waals surface area contributed by atoms with Crippen LogP contribution in [0.2, 0.25) is 0 Å². The van der Waals surface area contributed by atoms with Gasteiger partial charge in [0, 0.05) is 24.7 Å². The summed E-state index contributed by atoms with van der Waals surface area (Å²) in [6, 6.07) is 7.32. The number of pyridine rings is 1.